The van der Waals surface area contributed by atoms with E-state index in [0.717, 1.165) is 12.8 Å². The third-order valence-electron chi connectivity index (χ3n) is 1.57. The summed E-state index contributed by atoms with van der Waals surface area (Å²) in [6.45, 7) is 1.81. The van der Waals surface area contributed by atoms with Crippen LogP contribution in [0.3, 0.4) is 0 Å². The van der Waals surface area contributed by atoms with Gasteiger partial charge in [-0.1, -0.05) is 5.92 Å². The Balaban J connectivity index is 2.34. The van der Waals surface area contributed by atoms with Gasteiger partial charge in [0.25, 0.3) is 0 Å². The highest BCUT2D eigenvalue weighted by atomic mass is 16.3. The minimum absolute atomic E-state index is 0.123. The molecule has 1 nitrogen and oxygen atoms in total. The molecule has 0 aromatic heterocycles. The predicted molar refractivity (Wildman–Crippen MR) is 32.2 cm³/mol. The van der Waals surface area contributed by atoms with E-state index in [1.165, 1.54) is 0 Å². The summed E-state index contributed by atoms with van der Waals surface area (Å²) in [5.41, 5.74) is 0. The fourth-order valence-corrected chi connectivity index (χ4v) is 0.836. The van der Waals surface area contributed by atoms with Crippen molar-refractivity contribution in [1.82, 2.24) is 0 Å². The zero-order chi connectivity index (χ0) is 5.98. The summed E-state index contributed by atoms with van der Waals surface area (Å²) in [7, 11) is 0. The first kappa shape index (κ1) is 5.65. The monoisotopic (exact) mass is 110 g/mol. The molecule has 0 saturated heterocycles. The molecule has 1 aliphatic rings. The Hall–Kier alpha value is -0.480. The van der Waals surface area contributed by atoms with Crippen LogP contribution in [0.4, 0.5) is 0 Å². The number of hydrogen-bond acceptors (Lipinski definition) is 1. The molecule has 0 bridgehead atoms. The lowest BCUT2D eigenvalue weighted by atomic mass is 9.83. The molecule has 2 unspecified atom stereocenters. The van der Waals surface area contributed by atoms with Crippen molar-refractivity contribution in [3.05, 3.63) is 0 Å². The van der Waals surface area contributed by atoms with Crippen molar-refractivity contribution >= 4 is 0 Å². The SMILES string of the molecule is CC#CC1CCC1O. The van der Waals surface area contributed by atoms with Gasteiger partial charge in [-0.2, -0.15) is 0 Å². The summed E-state index contributed by atoms with van der Waals surface area (Å²) < 4.78 is 0. The van der Waals surface area contributed by atoms with Gasteiger partial charge in [-0.05, 0) is 19.8 Å². The molecule has 1 rings (SSSR count). The fourth-order valence-electron chi connectivity index (χ4n) is 0.836. The molecule has 1 N–H and O–H groups in total. The molecule has 0 spiro atoms. The zero-order valence-electron chi connectivity index (χ0n) is 5.02. The third kappa shape index (κ3) is 0.850. The topological polar surface area (TPSA) is 20.2 Å². The number of hydrogen-bond donors (Lipinski definition) is 1. The maximum Gasteiger partial charge on any atom is 0.0678 e. The maximum absolute atomic E-state index is 8.94. The molecular formula is C7H10O. The van der Waals surface area contributed by atoms with Crippen molar-refractivity contribution in [2.75, 3.05) is 0 Å². The molecule has 1 heteroatoms. The molecule has 0 aliphatic heterocycles. The quantitative estimate of drug-likeness (QED) is 0.457. The first-order valence-corrected chi connectivity index (χ1v) is 2.95. The van der Waals surface area contributed by atoms with Gasteiger partial charge in [0.1, 0.15) is 0 Å². The lowest BCUT2D eigenvalue weighted by Crippen LogP contribution is -2.29. The number of aliphatic hydroxyl groups excluding tert-OH is 1. The first-order chi connectivity index (χ1) is 3.84. The highest BCUT2D eigenvalue weighted by Crippen LogP contribution is 2.25. The summed E-state index contributed by atoms with van der Waals surface area (Å²) in [6.07, 6.45) is 1.91. The van der Waals surface area contributed by atoms with Crippen LogP contribution in [0.5, 0.6) is 0 Å². The van der Waals surface area contributed by atoms with Gasteiger partial charge in [-0.15, -0.1) is 5.92 Å². The third-order valence-corrected chi connectivity index (χ3v) is 1.57. The van der Waals surface area contributed by atoms with Crippen LogP contribution >= 0.6 is 0 Å². The van der Waals surface area contributed by atoms with Gasteiger partial charge in [-0.3, -0.25) is 0 Å². The van der Waals surface area contributed by atoms with Crippen molar-refractivity contribution < 1.29 is 5.11 Å². The van der Waals surface area contributed by atoms with Crippen molar-refractivity contribution in [3.63, 3.8) is 0 Å². The van der Waals surface area contributed by atoms with Gasteiger partial charge >= 0.3 is 0 Å². The van der Waals surface area contributed by atoms with E-state index in [2.05, 4.69) is 11.8 Å². The largest absolute Gasteiger partial charge is 0.392 e. The molecular weight excluding hydrogens is 100 g/mol. The standard InChI is InChI=1S/C7H10O/c1-2-3-6-4-5-7(6)8/h6-8H,4-5H2,1H3. The molecule has 1 saturated carbocycles. The Morgan fingerprint density at radius 2 is 2.25 bits per heavy atom. The van der Waals surface area contributed by atoms with Crippen LogP contribution < -0.4 is 0 Å². The molecule has 1 aliphatic carbocycles. The fraction of sp³-hybridized carbons (Fsp3) is 0.714. The van der Waals surface area contributed by atoms with Crippen LogP contribution in [0, 0.1) is 17.8 Å². The lowest BCUT2D eigenvalue weighted by Gasteiger charge is -2.27. The van der Waals surface area contributed by atoms with Crippen LogP contribution in [0.25, 0.3) is 0 Å². The molecule has 44 valence electrons. The summed E-state index contributed by atoms with van der Waals surface area (Å²) in [6, 6.07) is 0. The Bertz CT molecular complexity index is 129. The van der Waals surface area contributed by atoms with Gasteiger partial charge < -0.3 is 5.11 Å². The van der Waals surface area contributed by atoms with Crippen LogP contribution in [0.15, 0.2) is 0 Å². The minimum Gasteiger partial charge on any atom is -0.392 e. The minimum atomic E-state index is -0.123. The van der Waals surface area contributed by atoms with Crippen molar-refractivity contribution in [2.24, 2.45) is 5.92 Å². The number of rotatable bonds is 0. The van der Waals surface area contributed by atoms with Crippen LogP contribution in [0.1, 0.15) is 19.8 Å². The summed E-state index contributed by atoms with van der Waals surface area (Å²) in [5.74, 6) is 6.01. The molecule has 8 heavy (non-hydrogen) atoms. The van der Waals surface area contributed by atoms with Crippen LogP contribution in [-0.4, -0.2) is 11.2 Å². The van der Waals surface area contributed by atoms with E-state index in [0.29, 0.717) is 5.92 Å². The predicted octanol–water partition coefficient (Wildman–Crippen LogP) is 0.781. The highest BCUT2D eigenvalue weighted by Gasteiger charge is 2.26. The summed E-state index contributed by atoms with van der Waals surface area (Å²) in [5, 5.41) is 8.94. The van der Waals surface area contributed by atoms with E-state index in [-0.39, 0.29) is 6.10 Å². The highest BCUT2D eigenvalue weighted by molar-refractivity contribution is 5.07. The van der Waals surface area contributed by atoms with Crippen LogP contribution in [0.2, 0.25) is 0 Å². The van der Waals surface area contributed by atoms with E-state index < -0.39 is 0 Å². The second-order valence-electron chi connectivity index (χ2n) is 2.15. The Labute approximate surface area is 49.7 Å². The molecule has 1 fully saturated rings. The first-order valence-electron chi connectivity index (χ1n) is 2.95. The normalized spacial score (nSPS) is 34.8. The van der Waals surface area contributed by atoms with E-state index >= 15 is 0 Å². The van der Waals surface area contributed by atoms with Gasteiger partial charge in [-0.25, -0.2) is 0 Å². The maximum atomic E-state index is 8.94. The smallest absolute Gasteiger partial charge is 0.0678 e. The second kappa shape index (κ2) is 2.19. The van der Waals surface area contributed by atoms with Crippen molar-refractivity contribution in [3.8, 4) is 11.8 Å². The second-order valence-corrected chi connectivity index (χ2v) is 2.15. The average Bonchev–Trinajstić information content (AvgIpc) is 1.79. The zero-order valence-corrected chi connectivity index (χ0v) is 5.02. The van der Waals surface area contributed by atoms with Gasteiger partial charge in [0.2, 0.25) is 0 Å². The molecule has 2 atom stereocenters. The number of aliphatic hydroxyl groups is 1. The van der Waals surface area contributed by atoms with Gasteiger partial charge in [0, 0.05) is 5.92 Å². The molecule has 0 radical (unpaired) electrons. The summed E-state index contributed by atoms with van der Waals surface area (Å²) in [4.78, 5) is 0. The molecule has 0 amide bonds. The van der Waals surface area contributed by atoms with Crippen molar-refractivity contribution in [2.45, 2.75) is 25.9 Å². The van der Waals surface area contributed by atoms with E-state index in [4.69, 9.17) is 5.11 Å². The van der Waals surface area contributed by atoms with Crippen molar-refractivity contribution in [1.29, 1.82) is 0 Å². The van der Waals surface area contributed by atoms with E-state index in [1.807, 2.05) is 6.92 Å². The van der Waals surface area contributed by atoms with E-state index in [9.17, 15) is 0 Å². The Morgan fingerprint density at radius 3 is 2.38 bits per heavy atom. The Morgan fingerprint density at radius 1 is 1.50 bits per heavy atom. The molecule has 0 heterocycles. The molecule has 0 aromatic carbocycles. The average molecular weight is 110 g/mol. The van der Waals surface area contributed by atoms with E-state index in [1.54, 1.807) is 0 Å². The summed E-state index contributed by atoms with van der Waals surface area (Å²) >= 11 is 0. The van der Waals surface area contributed by atoms with Gasteiger partial charge in [0.15, 0.2) is 0 Å². The van der Waals surface area contributed by atoms with Crippen LogP contribution in [-0.2, 0) is 0 Å². The lowest BCUT2D eigenvalue weighted by molar-refractivity contribution is 0.0549. The van der Waals surface area contributed by atoms with Gasteiger partial charge in [0.05, 0.1) is 6.10 Å². The Kier molecular flexibility index (Phi) is 1.55. The molecule has 0 aromatic rings.